The lowest BCUT2D eigenvalue weighted by Crippen LogP contribution is -2.33. The van der Waals surface area contributed by atoms with Gasteiger partial charge in [0.1, 0.15) is 12.3 Å². The van der Waals surface area contributed by atoms with Gasteiger partial charge in [0.25, 0.3) is 11.1 Å². The normalized spacial score (nSPS) is 15.9. The Kier molecular flexibility index (Phi) is 5.83. The smallest absolute Gasteiger partial charge is 0.341 e. The number of hydrogen-bond acceptors (Lipinski definition) is 6. The predicted octanol–water partition coefficient (Wildman–Crippen LogP) is 1.88. The Labute approximate surface area is 153 Å². The summed E-state index contributed by atoms with van der Waals surface area (Å²) in [6.07, 6.45) is 1.47. The van der Waals surface area contributed by atoms with Gasteiger partial charge >= 0.3 is 11.9 Å². The molecule has 0 bridgehead atoms. The van der Waals surface area contributed by atoms with E-state index in [1.807, 2.05) is 22.6 Å². The number of thioether (sulfide) groups is 1. The molecule has 0 unspecified atom stereocenters. The van der Waals surface area contributed by atoms with Gasteiger partial charge in [-0.1, -0.05) is 6.07 Å². The van der Waals surface area contributed by atoms with Crippen LogP contribution in [-0.2, 0) is 14.4 Å². The summed E-state index contributed by atoms with van der Waals surface area (Å²) in [6.45, 7) is -1.15. The van der Waals surface area contributed by atoms with E-state index in [-0.39, 0.29) is 4.91 Å². The predicted molar refractivity (Wildman–Crippen MR) is 92.6 cm³/mol. The first-order valence-corrected chi connectivity index (χ1v) is 8.28. The molecule has 0 aromatic heterocycles. The molecule has 1 aliphatic rings. The third kappa shape index (κ3) is 4.47. The van der Waals surface area contributed by atoms with Crippen LogP contribution < -0.4 is 4.74 Å². The fourth-order valence-electron chi connectivity index (χ4n) is 1.79. The Hall–Kier alpha value is -2.08. The number of hydrogen-bond donors (Lipinski definition) is 2. The number of aliphatic carboxylic acids is 2. The van der Waals surface area contributed by atoms with E-state index in [9.17, 15) is 19.2 Å². The fraction of sp³-hybridized carbons (Fsp3) is 0.143. The molecule has 0 radical (unpaired) electrons. The van der Waals surface area contributed by atoms with Crippen LogP contribution in [0.25, 0.3) is 6.08 Å². The SMILES string of the molecule is O=C(O)COc1ccc(/C=C2/SC(=O)N(CC(=O)O)C2=O)cc1I. The van der Waals surface area contributed by atoms with E-state index in [1.165, 1.54) is 6.08 Å². The molecule has 1 heterocycles. The molecule has 1 aromatic carbocycles. The van der Waals surface area contributed by atoms with Crippen molar-refractivity contribution in [2.75, 3.05) is 13.2 Å². The number of carboxylic acids is 2. The molecule has 0 saturated carbocycles. The van der Waals surface area contributed by atoms with Crippen LogP contribution in [0.1, 0.15) is 5.56 Å². The zero-order valence-corrected chi connectivity index (χ0v) is 14.9. The van der Waals surface area contributed by atoms with Crippen molar-refractivity contribution >= 4 is 63.5 Å². The summed E-state index contributed by atoms with van der Waals surface area (Å²) in [4.78, 5) is 45.7. The average molecular weight is 463 g/mol. The average Bonchev–Trinajstić information content (AvgIpc) is 2.73. The number of carbonyl (C=O) groups is 4. The van der Waals surface area contributed by atoms with Crippen LogP contribution in [0.4, 0.5) is 4.79 Å². The van der Waals surface area contributed by atoms with E-state index in [4.69, 9.17) is 14.9 Å². The summed E-state index contributed by atoms with van der Waals surface area (Å²) in [6, 6.07) is 4.81. The van der Waals surface area contributed by atoms with Crippen LogP contribution in [0, 0.1) is 3.57 Å². The maximum absolute atomic E-state index is 12.0. The van der Waals surface area contributed by atoms with Gasteiger partial charge in [0.15, 0.2) is 6.61 Å². The van der Waals surface area contributed by atoms with Crippen molar-refractivity contribution in [1.29, 1.82) is 0 Å². The number of rotatable bonds is 6. The Morgan fingerprint density at radius 2 is 1.96 bits per heavy atom. The van der Waals surface area contributed by atoms with Crippen LogP contribution in [-0.4, -0.2) is 51.3 Å². The summed E-state index contributed by atoms with van der Waals surface area (Å²) in [5.74, 6) is -2.64. The van der Waals surface area contributed by atoms with Crippen LogP contribution in [0.2, 0.25) is 0 Å². The molecule has 0 aliphatic carbocycles. The van der Waals surface area contributed by atoms with E-state index in [0.717, 1.165) is 0 Å². The molecular weight excluding hydrogens is 453 g/mol. The van der Waals surface area contributed by atoms with Crippen LogP contribution in [0.3, 0.4) is 0 Å². The van der Waals surface area contributed by atoms with Gasteiger partial charge in [0.05, 0.1) is 8.48 Å². The molecule has 2 N–H and O–H groups in total. The van der Waals surface area contributed by atoms with Gasteiger partial charge in [0.2, 0.25) is 0 Å². The van der Waals surface area contributed by atoms with E-state index < -0.39 is 36.2 Å². The third-order valence-corrected chi connectivity index (χ3v) is 4.52. The van der Waals surface area contributed by atoms with E-state index in [2.05, 4.69) is 0 Å². The Morgan fingerprint density at radius 3 is 2.54 bits per heavy atom. The van der Waals surface area contributed by atoms with Gasteiger partial charge < -0.3 is 14.9 Å². The van der Waals surface area contributed by atoms with Gasteiger partial charge in [-0.2, -0.15) is 0 Å². The van der Waals surface area contributed by atoms with Crippen LogP contribution in [0.15, 0.2) is 23.1 Å². The number of nitrogens with zero attached hydrogens (tertiary/aromatic N) is 1. The molecule has 0 spiro atoms. The summed E-state index contributed by atoms with van der Waals surface area (Å²) in [7, 11) is 0. The number of ether oxygens (including phenoxy) is 1. The molecule has 0 atom stereocenters. The minimum atomic E-state index is -1.27. The molecule has 10 heteroatoms. The van der Waals surface area contributed by atoms with Crippen molar-refractivity contribution in [3.05, 3.63) is 32.2 Å². The number of benzene rings is 1. The van der Waals surface area contributed by atoms with Crippen LogP contribution >= 0.6 is 34.4 Å². The van der Waals surface area contributed by atoms with Crippen molar-refractivity contribution in [1.82, 2.24) is 4.90 Å². The lowest BCUT2D eigenvalue weighted by molar-refractivity contribution is -0.140. The summed E-state index contributed by atoms with van der Waals surface area (Å²) in [5.41, 5.74) is 0.600. The zero-order chi connectivity index (χ0) is 17.9. The van der Waals surface area contributed by atoms with Gasteiger partial charge in [-0.15, -0.1) is 0 Å². The minimum Gasteiger partial charge on any atom is -0.481 e. The number of carbonyl (C=O) groups excluding carboxylic acids is 2. The molecule has 126 valence electrons. The van der Waals surface area contributed by atoms with Crippen molar-refractivity contribution in [3.8, 4) is 5.75 Å². The quantitative estimate of drug-likeness (QED) is 0.485. The topological polar surface area (TPSA) is 121 Å². The highest BCUT2D eigenvalue weighted by Crippen LogP contribution is 2.33. The van der Waals surface area contributed by atoms with Gasteiger partial charge in [0, 0.05) is 0 Å². The van der Waals surface area contributed by atoms with E-state index in [0.29, 0.717) is 31.5 Å². The number of amides is 2. The fourth-order valence-corrected chi connectivity index (χ4v) is 3.32. The highest BCUT2D eigenvalue weighted by molar-refractivity contribution is 14.1. The van der Waals surface area contributed by atoms with Crippen molar-refractivity contribution in [3.63, 3.8) is 0 Å². The first kappa shape index (κ1) is 18.3. The van der Waals surface area contributed by atoms with Gasteiger partial charge in [-0.05, 0) is 58.1 Å². The molecule has 1 saturated heterocycles. The summed E-state index contributed by atoms with van der Waals surface area (Å²) >= 11 is 2.62. The first-order valence-electron chi connectivity index (χ1n) is 6.39. The van der Waals surface area contributed by atoms with Crippen molar-refractivity contribution < 1.29 is 34.1 Å². The zero-order valence-electron chi connectivity index (χ0n) is 11.9. The van der Waals surface area contributed by atoms with E-state index in [1.54, 1.807) is 18.2 Å². The Balaban J connectivity index is 2.18. The molecule has 1 aliphatic heterocycles. The Morgan fingerprint density at radius 1 is 1.25 bits per heavy atom. The molecule has 24 heavy (non-hydrogen) atoms. The maximum atomic E-state index is 12.0. The second-order valence-corrected chi connectivity index (χ2v) is 6.69. The lowest BCUT2D eigenvalue weighted by Gasteiger charge is -2.08. The molecule has 2 amide bonds. The summed E-state index contributed by atoms with van der Waals surface area (Å²) in [5, 5.41) is 16.7. The molecule has 8 nitrogen and oxygen atoms in total. The highest BCUT2D eigenvalue weighted by atomic mass is 127. The standard InChI is InChI=1S/C14H10INO7S/c15-8-3-7(1-2-9(8)23-6-12(19)20)4-10-13(21)16(5-11(17)18)14(22)24-10/h1-4H,5-6H2,(H,17,18)(H,19,20)/b10-4+. The molecule has 1 fully saturated rings. The number of carboxylic acid groups (broad SMARTS) is 2. The largest absolute Gasteiger partial charge is 0.481 e. The lowest BCUT2D eigenvalue weighted by atomic mass is 10.2. The van der Waals surface area contributed by atoms with Gasteiger partial charge in [-0.3, -0.25) is 19.3 Å². The molecule has 2 rings (SSSR count). The third-order valence-electron chi connectivity index (χ3n) is 2.77. The summed E-state index contributed by atoms with van der Waals surface area (Å²) < 4.78 is 5.73. The first-order chi connectivity index (χ1) is 11.3. The van der Waals surface area contributed by atoms with Crippen molar-refractivity contribution in [2.24, 2.45) is 0 Å². The molecular formula is C14H10INO7S. The Bertz CT molecular complexity index is 761. The van der Waals surface area contributed by atoms with Crippen molar-refractivity contribution in [2.45, 2.75) is 0 Å². The molecule has 1 aromatic rings. The number of halogens is 1. The monoisotopic (exact) mass is 463 g/mol. The number of imide groups is 1. The highest BCUT2D eigenvalue weighted by Gasteiger charge is 2.36. The maximum Gasteiger partial charge on any atom is 0.341 e. The minimum absolute atomic E-state index is 0.122. The second-order valence-electron chi connectivity index (χ2n) is 4.53. The second kappa shape index (κ2) is 7.66. The van der Waals surface area contributed by atoms with Gasteiger partial charge in [-0.25, -0.2) is 4.79 Å². The van der Waals surface area contributed by atoms with E-state index >= 15 is 0 Å². The van der Waals surface area contributed by atoms with Crippen LogP contribution in [0.5, 0.6) is 5.75 Å².